The van der Waals surface area contributed by atoms with Crippen molar-refractivity contribution in [3.05, 3.63) is 94.6 Å². The van der Waals surface area contributed by atoms with Crippen molar-refractivity contribution in [3.8, 4) is 23.0 Å². The molecule has 11 heteroatoms. The lowest BCUT2D eigenvalue weighted by Crippen LogP contribution is -2.36. The zero-order chi connectivity index (χ0) is 27.9. The van der Waals surface area contributed by atoms with E-state index in [0.29, 0.717) is 47.0 Å². The Kier molecular flexibility index (Phi) is 8.94. The largest absolute Gasteiger partial charge is 0.495 e. The number of para-hydroxylation sites is 2. The predicted molar refractivity (Wildman–Crippen MR) is 157 cm³/mol. The van der Waals surface area contributed by atoms with Crippen molar-refractivity contribution in [1.29, 1.82) is 0 Å². The monoisotopic (exact) mass is 574 g/mol. The fraction of sp³-hybridized carbons (Fsp3) is 0.241. The molecule has 9 nitrogen and oxygen atoms in total. The van der Waals surface area contributed by atoms with Crippen LogP contribution in [0, 0.1) is 0 Å². The van der Waals surface area contributed by atoms with Gasteiger partial charge in [0.05, 0.1) is 24.8 Å². The highest BCUT2D eigenvalue weighted by molar-refractivity contribution is 7.98. The first-order valence-corrected chi connectivity index (χ1v) is 14.6. The van der Waals surface area contributed by atoms with E-state index < -0.39 is 0 Å². The summed E-state index contributed by atoms with van der Waals surface area (Å²) < 4.78 is 13.2. The fourth-order valence-electron chi connectivity index (χ4n) is 4.10. The number of nitrogens with zero attached hydrogens (tertiary/aromatic N) is 6. The quantitative estimate of drug-likeness (QED) is 0.181. The molecule has 2 aromatic carbocycles. The van der Waals surface area contributed by atoms with Crippen LogP contribution in [0.15, 0.2) is 87.9 Å². The molecule has 5 rings (SSSR count). The molecular formula is C29H30N6O3S2. The number of hydrogen-bond acceptors (Lipinski definition) is 9. The molecule has 0 saturated carbocycles. The van der Waals surface area contributed by atoms with Crippen LogP contribution < -0.4 is 4.74 Å². The molecule has 3 heterocycles. The van der Waals surface area contributed by atoms with Gasteiger partial charge in [0.1, 0.15) is 16.5 Å². The number of thioether (sulfide) groups is 1. The second-order valence-corrected chi connectivity index (χ2v) is 11.1. The smallest absolute Gasteiger partial charge is 0.273 e. The topological polar surface area (TPSA) is 89.5 Å². The van der Waals surface area contributed by atoms with Gasteiger partial charge in [-0.2, -0.15) is 0 Å². The van der Waals surface area contributed by atoms with Gasteiger partial charge in [-0.25, -0.2) is 4.98 Å². The lowest BCUT2D eigenvalue weighted by Gasteiger charge is -2.24. The number of ether oxygens (including phenoxy) is 1. The van der Waals surface area contributed by atoms with Crippen molar-refractivity contribution in [2.45, 2.75) is 17.5 Å². The Labute approximate surface area is 241 Å². The normalized spacial score (nSPS) is 11.2. The molecule has 1 amide bonds. The van der Waals surface area contributed by atoms with Crippen molar-refractivity contribution in [2.24, 2.45) is 0 Å². The van der Waals surface area contributed by atoms with Gasteiger partial charge in [-0.05, 0) is 43.9 Å². The first kappa shape index (κ1) is 27.6. The Morgan fingerprint density at radius 3 is 2.58 bits per heavy atom. The number of methoxy groups -OCH3 is 1. The minimum atomic E-state index is -0.0736. The van der Waals surface area contributed by atoms with Gasteiger partial charge in [-0.3, -0.25) is 9.36 Å². The molecule has 0 aliphatic heterocycles. The number of carbonyl (C=O) groups excluding carboxylic acids is 1. The molecule has 40 heavy (non-hydrogen) atoms. The molecule has 0 N–H and O–H groups in total. The first-order valence-electron chi connectivity index (χ1n) is 12.7. The predicted octanol–water partition coefficient (Wildman–Crippen LogP) is 5.49. The molecule has 0 saturated heterocycles. The van der Waals surface area contributed by atoms with Crippen molar-refractivity contribution in [1.82, 2.24) is 29.5 Å². The van der Waals surface area contributed by atoms with E-state index in [-0.39, 0.29) is 5.91 Å². The third-order valence-electron chi connectivity index (χ3n) is 6.12. The molecule has 206 valence electrons. The third-order valence-corrected chi connectivity index (χ3v) is 8.09. The van der Waals surface area contributed by atoms with Crippen molar-refractivity contribution in [3.63, 3.8) is 0 Å². The van der Waals surface area contributed by atoms with E-state index in [9.17, 15) is 4.79 Å². The number of thiazole rings is 1. The lowest BCUT2D eigenvalue weighted by atomic mass is 10.2. The van der Waals surface area contributed by atoms with Crippen LogP contribution in [0.2, 0.25) is 0 Å². The summed E-state index contributed by atoms with van der Waals surface area (Å²) in [7, 11) is 5.64. The summed E-state index contributed by atoms with van der Waals surface area (Å²) in [6.07, 6.45) is 1.61. The zero-order valence-electron chi connectivity index (χ0n) is 22.6. The molecular weight excluding hydrogens is 544 g/mol. The Bertz CT molecular complexity index is 1530. The molecule has 0 aliphatic carbocycles. The van der Waals surface area contributed by atoms with Crippen LogP contribution in [-0.4, -0.2) is 69.8 Å². The molecule has 0 fully saturated rings. The summed E-state index contributed by atoms with van der Waals surface area (Å²) >= 11 is 2.96. The van der Waals surface area contributed by atoms with Crippen LogP contribution in [0.4, 0.5) is 0 Å². The highest BCUT2D eigenvalue weighted by Gasteiger charge is 2.22. The Morgan fingerprint density at radius 1 is 1.02 bits per heavy atom. The summed E-state index contributed by atoms with van der Waals surface area (Å²) in [6, 6.07) is 21.4. The summed E-state index contributed by atoms with van der Waals surface area (Å²) in [4.78, 5) is 22.1. The van der Waals surface area contributed by atoms with E-state index in [2.05, 4.69) is 15.1 Å². The summed E-state index contributed by atoms with van der Waals surface area (Å²) in [6.45, 7) is 1.91. The van der Waals surface area contributed by atoms with Crippen LogP contribution in [0.25, 0.3) is 17.3 Å². The maximum absolute atomic E-state index is 13.5. The average molecular weight is 575 g/mol. The number of furan rings is 1. The van der Waals surface area contributed by atoms with Gasteiger partial charge in [0.25, 0.3) is 5.91 Å². The highest BCUT2D eigenvalue weighted by Crippen LogP contribution is 2.34. The molecule has 5 aromatic rings. The van der Waals surface area contributed by atoms with Crippen LogP contribution in [0.3, 0.4) is 0 Å². The van der Waals surface area contributed by atoms with Gasteiger partial charge in [0.15, 0.2) is 10.9 Å². The Balaban J connectivity index is 1.35. The molecule has 0 radical (unpaired) electrons. The van der Waals surface area contributed by atoms with Crippen LogP contribution >= 0.6 is 23.1 Å². The van der Waals surface area contributed by atoms with Gasteiger partial charge < -0.3 is 19.0 Å². The lowest BCUT2D eigenvalue weighted by molar-refractivity contribution is 0.0726. The summed E-state index contributed by atoms with van der Waals surface area (Å²) in [5.41, 5.74) is 2.35. The number of benzene rings is 2. The maximum atomic E-state index is 13.5. The Hall–Kier alpha value is -3.93. The van der Waals surface area contributed by atoms with E-state index in [0.717, 1.165) is 22.8 Å². The van der Waals surface area contributed by atoms with Crippen LogP contribution in [0.1, 0.15) is 21.1 Å². The van der Waals surface area contributed by atoms with E-state index in [4.69, 9.17) is 14.1 Å². The number of amides is 1. The van der Waals surface area contributed by atoms with E-state index >= 15 is 0 Å². The van der Waals surface area contributed by atoms with E-state index in [1.54, 1.807) is 13.4 Å². The van der Waals surface area contributed by atoms with Gasteiger partial charge in [0.2, 0.25) is 5.82 Å². The minimum absolute atomic E-state index is 0.0736. The number of carbonyl (C=O) groups is 1. The van der Waals surface area contributed by atoms with Gasteiger partial charge in [-0.1, -0.05) is 54.2 Å². The molecule has 0 unspecified atom stereocenters. The number of likely N-dealkylation sites (N-methyl/N-ethyl adjacent to an activating group) is 1. The molecule has 0 bridgehead atoms. The van der Waals surface area contributed by atoms with Gasteiger partial charge >= 0.3 is 0 Å². The summed E-state index contributed by atoms with van der Waals surface area (Å²) in [5, 5.41) is 12.2. The number of aromatic nitrogens is 4. The maximum Gasteiger partial charge on any atom is 0.273 e. The molecule has 0 aliphatic rings. The van der Waals surface area contributed by atoms with E-state index in [1.165, 1.54) is 23.1 Å². The van der Waals surface area contributed by atoms with Crippen molar-refractivity contribution in [2.75, 3.05) is 34.3 Å². The number of rotatable bonds is 12. The third kappa shape index (κ3) is 6.44. The van der Waals surface area contributed by atoms with Crippen LogP contribution in [-0.2, 0) is 12.3 Å². The van der Waals surface area contributed by atoms with Crippen LogP contribution in [0.5, 0.6) is 5.75 Å². The number of hydrogen-bond donors (Lipinski definition) is 0. The second-order valence-electron chi connectivity index (χ2n) is 9.22. The van der Waals surface area contributed by atoms with Gasteiger partial charge in [-0.15, -0.1) is 21.5 Å². The average Bonchev–Trinajstić information content (AvgIpc) is 3.75. The van der Waals surface area contributed by atoms with E-state index in [1.807, 2.05) is 95.7 Å². The molecule has 3 aromatic heterocycles. The standard InChI is InChI=1S/C29H30N6O3S2/c1-33(2)15-16-34(18-21-10-5-4-6-11-21)28(36)22-19-39-26(30-22)20-40-29-32-31-27(25-14-9-17-38-25)35(29)23-12-7-8-13-24(23)37-3/h4-14,17,19H,15-16,18,20H2,1-3H3. The highest BCUT2D eigenvalue weighted by atomic mass is 32.2. The molecule has 0 spiro atoms. The van der Waals surface area contributed by atoms with Crippen molar-refractivity contribution >= 4 is 29.0 Å². The summed E-state index contributed by atoms with van der Waals surface area (Å²) in [5.74, 6) is 2.32. The Morgan fingerprint density at radius 2 is 1.82 bits per heavy atom. The first-order chi connectivity index (χ1) is 19.5. The second kappa shape index (κ2) is 12.9. The zero-order valence-corrected chi connectivity index (χ0v) is 24.2. The minimum Gasteiger partial charge on any atom is -0.495 e. The molecule has 0 atom stereocenters. The SMILES string of the molecule is COc1ccccc1-n1c(SCc2nc(C(=O)N(CCN(C)C)Cc3ccccc3)cs2)nnc1-c1ccco1. The fourth-order valence-corrected chi connectivity index (χ4v) is 5.83. The van der Waals surface area contributed by atoms with Gasteiger partial charge in [0, 0.05) is 25.0 Å². The van der Waals surface area contributed by atoms with Crippen molar-refractivity contribution < 1.29 is 13.9 Å².